The second-order valence-corrected chi connectivity index (χ2v) is 7.09. The summed E-state index contributed by atoms with van der Waals surface area (Å²) in [6, 6.07) is 2.60. The standard InChI is InChI=1S/C15H24N2OS/c1-15(2,3)16-8-6-14(18)17(13-4-5-13)10-12-7-9-19-11-12/h7,9,11,13,16H,4-6,8,10H2,1-3H3. The van der Waals surface area contributed by atoms with Crippen LogP contribution in [0.1, 0.15) is 45.6 Å². The molecule has 0 aromatic carbocycles. The molecule has 1 aliphatic carbocycles. The van der Waals surface area contributed by atoms with E-state index in [9.17, 15) is 4.79 Å². The molecule has 106 valence electrons. The zero-order chi connectivity index (χ0) is 13.9. The van der Waals surface area contributed by atoms with Gasteiger partial charge in [-0.05, 0) is 56.0 Å². The average molecular weight is 280 g/mol. The molecule has 1 aromatic heterocycles. The highest BCUT2D eigenvalue weighted by molar-refractivity contribution is 7.07. The van der Waals surface area contributed by atoms with E-state index in [1.165, 1.54) is 18.4 Å². The second-order valence-electron chi connectivity index (χ2n) is 6.31. The van der Waals surface area contributed by atoms with E-state index in [1.54, 1.807) is 11.3 Å². The van der Waals surface area contributed by atoms with Crippen molar-refractivity contribution in [3.8, 4) is 0 Å². The summed E-state index contributed by atoms with van der Waals surface area (Å²) in [4.78, 5) is 14.4. The van der Waals surface area contributed by atoms with E-state index in [-0.39, 0.29) is 11.4 Å². The highest BCUT2D eigenvalue weighted by atomic mass is 32.1. The average Bonchev–Trinajstić information content (AvgIpc) is 3.01. The maximum absolute atomic E-state index is 12.3. The normalized spacial score (nSPS) is 15.5. The molecule has 1 aliphatic rings. The molecule has 1 aromatic rings. The minimum absolute atomic E-state index is 0.0814. The molecule has 0 atom stereocenters. The summed E-state index contributed by atoms with van der Waals surface area (Å²) in [6.07, 6.45) is 2.93. The van der Waals surface area contributed by atoms with Gasteiger partial charge in [-0.2, -0.15) is 11.3 Å². The fourth-order valence-corrected chi connectivity index (χ4v) is 2.73. The third-order valence-corrected chi connectivity index (χ3v) is 3.97. The number of thiophene rings is 1. The van der Waals surface area contributed by atoms with E-state index < -0.39 is 0 Å². The summed E-state index contributed by atoms with van der Waals surface area (Å²) < 4.78 is 0. The molecule has 1 amide bonds. The van der Waals surface area contributed by atoms with E-state index in [4.69, 9.17) is 0 Å². The molecule has 0 aliphatic heterocycles. The number of carbonyl (C=O) groups excluding carboxylic acids is 1. The lowest BCUT2D eigenvalue weighted by atomic mass is 10.1. The van der Waals surface area contributed by atoms with Gasteiger partial charge in [-0.1, -0.05) is 0 Å². The second kappa shape index (κ2) is 6.06. The van der Waals surface area contributed by atoms with Crippen LogP contribution in [0.15, 0.2) is 16.8 Å². The Morgan fingerprint density at radius 2 is 2.21 bits per heavy atom. The fourth-order valence-electron chi connectivity index (χ4n) is 2.07. The van der Waals surface area contributed by atoms with Crippen molar-refractivity contribution in [3.63, 3.8) is 0 Å². The van der Waals surface area contributed by atoms with Crippen LogP contribution in [0.2, 0.25) is 0 Å². The zero-order valence-electron chi connectivity index (χ0n) is 12.1. The smallest absolute Gasteiger partial charge is 0.224 e. The molecule has 1 heterocycles. The predicted octanol–water partition coefficient (Wildman–Crippen LogP) is 3.02. The van der Waals surface area contributed by atoms with E-state index in [0.29, 0.717) is 12.5 Å². The number of rotatable bonds is 6. The summed E-state index contributed by atoms with van der Waals surface area (Å²) in [5.41, 5.74) is 1.34. The lowest BCUT2D eigenvalue weighted by molar-refractivity contribution is -0.132. The fraction of sp³-hybridized carbons (Fsp3) is 0.667. The van der Waals surface area contributed by atoms with Gasteiger partial charge in [0.1, 0.15) is 0 Å². The first-order chi connectivity index (χ1) is 8.96. The molecule has 1 N–H and O–H groups in total. The van der Waals surface area contributed by atoms with Crippen LogP contribution in [0.5, 0.6) is 0 Å². The Morgan fingerprint density at radius 1 is 1.47 bits per heavy atom. The molecule has 0 radical (unpaired) electrons. The topological polar surface area (TPSA) is 32.3 Å². The third kappa shape index (κ3) is 4.96. The van der Waals surface area contributed by atoms with Gasteiger partial charge in [0.15, 0.2) is 0 Å². The molecule has 1 fully saturated rings. The molecule has 0 unspecified atom stereocenters. The van der Waals surface area contributed by atoms with Crippen LogP contribution >= 0.6 is 11.3 Å². The van der Waals surface area contributed by atoms with Crippen LogP contribution in [-0.2, 0) is 11.3 Å². The molecule has 4 heteroatoms. The van der Waals surface area contributed by atoms with E-state index in [0.717, 1.165) is 13.1 Å². The summed E-state index contributed by atoms with van der Waals surface area (Å²) in [5.74, 6) is 0.283. The Balaban J connectivity index is 1.83. The third-order valence-electron chi connectivity index (χ3n) is 3.24. The van der Waals surface area contributed by atoms with E-state index in [2.05, 4.69) is 47.8 Å². The van der Waals surface area contributed by atoms with Crippen molar-refractivity contribution < 1.29 is 4.79 Å². The van der Waals surface area contributed by atoms with Gasteiger partial charge in [-0.15, -0.1) is 0 Å². The highest BCUT2D eigenvalue weighted by Gasteiger charge is 2.32. The van der Waals surface area contributed by atoms with Crippen molar-refractivity contribution in [3.05, 3.63) is 22.4 Å². The lowest BCUT2D eigenvalue weighted by Gasteiger charge is -2.24. The van der Waals surface area contributed by atoms with E-state index >= 15 is 0 Å². The van der Waals surface area contributed by atoms with Gasteiger partial charge >= 0.3 is 0 Å². The van der Waals surface area contributed by atoms with Gasteiger partial charge < -0.3 is 10.2 Å². The van der Waals surface area contributed by atoms with Gasteiger partial charge in [-0.25, -0.2) is 0 Å². The summed E-state index contributed by atoms with van der Waals surface area (Å²) in [7, 11) is 0. The Kier molecular flexibility index (Phi) is 4.63. The molecule has 0 bridgehead atoms. The van der Waals surface area contributed by atoms with Crippen molar-refractivity contribution in [2.75, 3.05) is 6.54 Å². The van der Waals surface area contributed by atoms with Gasteiger partial charge in [0.05, 0.1) is 0 Å². The molecular formula is C15H24N2OS. The van der Waals surface area contributed by atoms with Crippen LogP contribution in [0, 0.1) is 0 Å². The molecule has 0 saturated heterocycles. The van der Waals surface area contributed by atoms with Crippen molar-refractivity contribution in [2.45, 2.75) is 58.2 Å². The van der Waals surface area contributed by atoms with Gasteiger partial charge in [0, 0.05) is 31.1 Å². The number of nitrogens with zero attached hydrogens (tertiary/aromatic N) is 1. The predicted molar refractivity (Wildman–Crippen MR) is 80.3 cm³/mol. The molecule has 2 rings (SSSR count). The van der Waals surface area contributed by atoms with Gasteiger partial charge in [0.25, 0.3) is 0 Å². The van der Waals surface area contributed by atoms with Crippen molar-refractivity contribution in [1.82, 2.24) is 10.2 Å². The molecule has 0 spiro atoms. The van der Waals surface area contributed by atoms with Crippen LogP contribution in [0.25, 0.3) is 0 Å². The first kappa shape index (κ1) is 14.5. The number of amides is 1. The Labute approximate surface area is 120 Å². The quantitative estimate of drug-likeness (QED) is 0.868. The largest absolute Gasteiger partial charge is 0.335 e. The van der Waals surface area contributed by atoms with E-state index in [1.807, 2.05) is 0 Å². The Hall–Kier alpha value is -0.870. The lowest BCUT2D eigenvalue weighted by Crippen LogP contribution is -2.40. The van der Waals surface area contributed by atoms with Crippen molar-refractivity contribution >= 4 is 17.2 Å². The van der Waals surface area contributed by atoms with Crippen molar-refractivity contribution in [2.24, 2.45) is 0 Å². The Morgan fingerprint density at radius 3 is 2.74 bits per heavy atom. The summed E-state index contributed by atoms with van der Waals surface area (Å²) in [6.45, 7) is 7.92. The molecule has 3 nitrogen and oxygen atoms in total. The SMILES string of the molecule is CC(C)(C)NCCC(=O)N(Cc1ccsc1)C1CC1. The number of nitrogens with one attached hydrogen (secondary N) is 1. The maximum Gasteiger partial charge on any atom is 0.224 e. The highest BCUT2D eigenvalue weighted by Crippen LogP contribution is 2.29. The van der Waals surface area contributed by atoms with Crippen LogP contribution in [0.3, 0.4) is 0 Å². The summed E-state index contributed by atoms with van der Waals surface area (Å²) >= 11 is 1.70. The first-order valence-corrected chi connectivity index (χ1v) is 7.95. The number of hydrogen-bond acceptors (Lipinski definition) is 3. The maximum atomic E-state index is 12.3. The molecular weight excluding hydrogens is 256 g/mol. The van der Waals surface area contributed by atoms with Crippen LogP contribution < -0.4 is 5.32 Å². The Bertz CT molecular complexity index is 404. The van der Waals surface area contributed by atoms with Crippen molar-refractivity contribution in [1.29, 1.82) is 0 Å². The van der Waals surface area contributed by atoms with Crippen LogP contribution in [-0.4, -0.2) is 28.9 Å². The minimum atomic E-state index is 0.0814. The number of hydrogen-bond donors (Lipinski definition) is 1. The summed E-state index contributed by atoms with van der Waals surface area (Å²) in [5, 5.41) is 7.59. The molecule has 19 heavy (non-hydrogen) atoms. The molecule has 1 saturated carbocycles. The van der Waals surface area contributed by atoms with Crippen LogP contribution in [0.4, 0.5) is 0 Å². The number of carbonyl (C=O) groups is 1. The minimum Gasteiger partial charge on any atom is -0.335 e. The van der Waals surface area contributed by atoms with Gasteiger partial charge in [-0.3, -0.25) is 4.79 Å². The monoisotopic (exact) mass is 280 g/mol. The first-order valence-electron chi connectivity index (χ1n) is 7.01. The van der Waals surface area contributed by atoms with Gasteiger partial charge in [0.2, 0.25) is 5.91 Å². The zero-order valence-corrected chi connectivity index (χ0v) is 12.9.